The van der Waals surface area contributed by atoms with Crippen molar-refractivity contribution in [2.75, 3.05) is 5.32 Å². The summed E-state index contributed by atoms with van der Waals surface area (Å²) in [6, 6.07) is 6.30. The number of benzene rings is 2. The van der Waals surface area contributed by atoms with Gasteiger partial charge in [0, 0.05) is 11.1 Å². The lowest BCUT2D eigenvalue weighted by Gasteiger charge is -2.20. The van der Waals surface area contributed by atoms with E-state index in [9.17, 15) is 17.6 Å². The molecule has 0 aliphatic rings. The molecule has 0 aliphatic carbocycles. The first-order chi connectivity index (χ1) is 9.93. The van der Waals surface area contributed by atoms with Gasteiger partial charge in [0.25, 0.3) is 0 Å². The first kappa shape index (κ1) is 15.6. The Balaban J connectivity index is 2.40. The number of hydrogen-bond donors (Lipinski definition) is 1. The van der Waals surface area contributed by atoms with Crippen LogP contribution in [0.5, 0.6) is 0 Å². The standard InChI is InChI=1S/C15H12ClF4N/c1-2-12(8-4-3-5-9(16)6-8)21-15-13(19)10(17)7-11(18)14(15)20/h3-7,12,21H,2H2,1H3. The van der Waals surface area contributed by atoms with Gasteiger partial charge in [-0.2, -0.15) is 0 Å². The predicted molar refractivity (Wildman–Crippen MR) is 74.4 cm³/mol. The second kappa shape index (κ2) is 6.35. The maximum atomic E-state index is 13.7. The van der Waals surface area contributed by atoms with Crippen molar-refractivity contribution in [1.82, 2.24) is 0 Å². The minimum atomic E-state index is -1.45. The lowest BCUT2D eigenvalue weighted by atomic mass is 10.0. The van der Waals surface area contributed by atoms with E-state index in [0.29, 0.717) is 17.0 Å². The highest BCUT2D eigenvalue weighted by molar-refractivity contribution is 6.30. The molecule has 0 heterocycles. The van der Waals surface area contributed by atoms with E-state index < -0.39 is 35.0 Å². The lowest BCUT2D eigenvalue weighted by Crippen LogP contribution is -2.14. The zero-order valence-corrected chi connectivity index (χ0v) is 11.8. The molecule has 1 N–H and O–H groups in total. The van der Waals surface area contributed by atoms with Crippen molar-refractivity contribution >= 4 is 17.3 Å². The molecule has 6 heteroatoms. The monoisotopic (exact) mass is 317 g/mol. The molecule has 1 unspecified atom stereocenters. The Labute approximate surface area is 124 Å². The zero-order chi connectivity index (χ0) is 15.6. The topological polar surface area (TPSA) is 12.0 Å². The molecule has 0 amide bonds. The third-order valence-electron chi connectivity index (χ3n) is 3.09. The Hall–Kier alpha value is -1.75. The van der Waals surface area contributed by atoms with Crippen LogP contribution in [0.2, 0.25) is 5.02 Å². The lowest BCUT2D eigenvalue weighted by molar-refractivity contribution is 0.456. The maximum absolute atomic E-state index is 13.7. The second-order valence-corrected chi connectivity index (χ2v) is 4.94. The molecule has 112 valence electrons. The summed E-state index contributed by atoms with van der Waals surface area (Å²) in [5.41, 5.74) is -0.159. The Morgan fingerprint density at radius 3 is 2.19 bits per heavy atom. The molecule has 0 aromatic heterocycles. The number of hydrogen-bond acceptors (Lipinski definition) is 1. The molecule has 21 heavy (non-hydrogen) atoms. The van der Waals surface area contributed by atoms with Crippen molar-refractivity contribution < 1.29 is 17.6 Å². The van der Waals surface area contributed by atoms with Crippen LogP contribution in [-0.2, 0) is 0 Å². The molecule has 0 radical (unpaired) electrons. The largest absolute Gasteiger partial charge is 0.373 e. The minimum absolute atomic E-state index is 0.177. The number of anilines is 1. The summed E-state index contributed by atoms with van der Waals surface area (Å²) in [5.74, 6) is -5.79. The Bertz CT molecular complexity index is 634. The average molecular weight is 318 g/mol. The van der Waals surface area contributed by atoms with Gasteiger partial charge < -0.3 is 5.32 Å². The van der Waals surface area contributed by atoms with Crippen molar-refractivity contribution in [1.29, 1.82) is 0 Å². The highest BCUT2D eigenvalue weighted by Crippen LogP contribution is 2.30. The second-order valence-electron chi connectivity index (χ2n) is 4.50. The smallest absolute Gasteiger partial charge is 0.185 e. The van der Waals surface area contributed by atoms with Gasteiger partial charge in [-0.25, -0.2) is 17.6 Å². The van der Waals surface area contributed by atoms with Gasteiger partial charge in [-0.3, -0.25) is 0 Å². The van der Waals surface area contributed by atoms with E-state index in [0.717, 1.165) is 0 Å². The summed E-state index contributed by atoms with van der Waals surface area (Å²) in [6.07, 6.45) is 0.442. The summed E-state index contributed by atoms with van der Waals surface area (Å²) in [6.45, 7) is 1.77. The van der Waals surface area contributed by atoms with Gasteiger partial charge >= 0.3 is 0 Å². The number of nitrogens with one attached hydrogen (secondary N) is 1. The third-order valence-corrected chi connectivity index (χ3v) is 3.32. The third kappa shape index (κ3) is 3.29. The summed E-state index contributed by atoms with van der Waals surface area (Å²) in [5, 5.41) is 2.96. The van der Waals surface area contributed by atoms with Crippen molar-refractivity contribution in [3.63, 3.8) is 0 Å². The fourth-order valence-electron chi connectivity index (χ4n) is 2.02. The fourth-order valence-corrected chi connectivity index (χ4v) is 2.22. The predicted octanol–water partition coefficient (Wildman–Crippen LogP) is 5.46. The number of rotatable bonds is 4. The molecule has 2 aromatic rings. The van der Waals surface area contributed by atoms with E-state index in [1.165, 1.54) is 0 Å². The van der Waals surface area contributed by atoms with Gasteiger partial charge in [-0.1, -0.05) is 30.7 Å². The van der Waals surface area contributed by atoms with Crippen LogP contribution >= 0.6 is 11.6 Å². The van der Waals surface area contributed by atoms with Crippen LogP contribution in [0.1, 0.15) is 24.9 Å². The van der Waals surface area contributed by atoms with Crippen LogP contribution in [0.4, 0.5) is 23.2 Å². The van der Waals surface area contributed by atoms with E-state index in [4.69, 9.17) is 11.6 Å². The molecule has 2 aromatic carbocycles. The van der Waals surface area contributed by atoms with Gasteiger partial charge in [0.2, 0.25) is 0 Å². The van der Waals surface area contributed by atoms with Crippen molar-refractivity contribution in [2.45, 2.75) is 19.4 Å². The summed E-state index contributed by atoms with van der Waals surface area (Å²) < 4.78 is 53.7. The van der Waals surface area contributed by atoms with E-state index >= 15 is 0 Å². The Morgan fingerprint density at radius 1 is 1.05 bits per heavy atom. The number of halogens is 5. The SMILES string of the molecule is CCC(Nc1c(F)c(F)cc(F)c1F)c1cccc(Cl)c1. The molecule has 0 aliphatic heterocycles. The van der Waals surface area contributed by atoms with Crippen LogP contribution < -0.4 is 5.32 Å². The van der Waals surface area contributed by atoms with Crippen LogP contribution in [0, 0.1) is 23.3 Å². The summed E-state index contributed by atoms with van der Waals surface area (Å²) >= 11 is 5.87. The maximum Gasteiger partial charge on any atom is 0.185 e. The van der Waals surface area contributed by atoms with Crippen LogP contribution in [0.25, 0.3) is 0 Å². The highest BCUT2D eigenvalue weighted by Gasteiger charge is 2.21. The average Bonchev–Trinajstić information content (AvgIpc) is 2.45. The van der Waals surface area contributed by atoms with E-state index in [-0.39, 0.29) is 6.07 Å². The first-order valence-corrected chi connectivity index (χ1v) is 6.66. The molecular weight excluding hydrogens is 306 g/mol. The van der Waals surface area contributed by atoms with Gasteiger partial charge in [0.05, 0.1) is 6.04 Å². The van der Waals surface area contributed by atoms with Crippen molar-refractivity contribution in [2.24, 2.45) is 0 Å². The molecule has 2 rings (SSSR count). The molecule has 0 spiro atoms. The Morgan fingerprint density at radius 2 is 1.67 bits per heavy atom. The van der Waals surface area contributed by atoms with Gasteiger partial charge in [-0.15, -0.1) is 0 Å². The van der Waals surface area contributed by atoms with Crippen LogP contribution in [0.3, 0.4) is 0 Å². The molecule has 1 atom stereocenters. The molecule has 0 bridgehead atoms. The van der Waals surface area contributed by atoms with Crippen LogP contribution in [0.15, 0.2) is 30.3 Å². The van der Waals surface area contributed by atoms with Gasteiger partial charge in [-0.05, 0) is 24.1 Å². The van der Waals surface area contributed by atoms with Crippen molar-refractivity contribution in [3.8, 4) is 0 Å². The van der Waals surface area contributed by atoms with Crippen LogP contribution in [-0.4, -0.2) is 0 Å². The van der Waals surface area contributed by atoms with E-state index in [2.05, 4.69) is 5.32 Å². The Kier molecular flexibility index (Phi) is 4.73. The molecular formula is C15H12ClF4N. The molecule has 0 fully saturated rings. The molecule has 1 nitrogen and oxygen atoms in total. The summed E-state index contributed by atoms with van der Waals surface area (Å²) in [4.78, 5) is 0. The normalized spacial score (nSPS) is 12.3. The molecule has 0 saturated heterocycles. The summed E-state index contributed by atoms with van der Waals surface area (Å²) in [7, 11) is 0. The van der Waals surface area contributed by atoms with Crippen molar-refractivity contribution in [3.05, 3.63) is 64.2 Å². The minimum Gasteiger partial charge on any atom is -0.373 e. The highest BCUT2D eigenvalue weighted by atomic mass is 35.5. The van der Waals surface area contributed by atoms with E-state index in [1.54, 1.807) is 31.2 Å². The molecule has 0 saturated carbocycles. The fraction of sp³-hybridized carbons (Fsp3) is 0.200. The van der Waals surface area contributed by atoms with Gasteiger partial charge in [0.1, 0.15) is 5.69 Å². The van der Waals surface area contributed by atoms with E-state index in [1.807, 2.05) is 0 Å². The quantitative estimate of drug-likeness (QED) is 0.583. The van der Waals surface area contributed by atoms with Gasteiger partial charge in [0.15, 0.2) is 23.3 Å². The first-order valence-electron chi connectivity index (χ1n) is 6.29. The zero-order valence-electron chi connectivity index (χ0n) is 11.1.